The first-order chi connectivity index (χ1) is 10.3. The second-order valence-electron chi connectivity index (χ2n) is 4.72. The molecule has 0 saturated carbocycles. The first kappa shape index (κ1) is 16.6. The Bertz CT molecular complexity index is 673. The summed E-state index contributed by atoms with van der Waals surface area (Å²) in [6.07, 6.45) is -3.00. The van der Waals surface area contributed by atoms with Crippen molar-refractivity contribution in [1.82, 2.24) is 14.8 Å². The Kier molecular flexibility index (Phi) is 4.97. The summed E-state index contributed by atoms with van der Waals surface area (Å²) in [6.45, 7) is -0.0314. The van der Waals surface area contributed by atoms with Crippen LogP contribution in [0.2, 0.25) is 0 Å². The van der Waals surface area contributed by atoms with Gasteiger partial charge in [-0.15, -0.1) is 5.10 Å². The minimum Gasteiger partial charge on any atom is -0.391 e. The predicted molar refractivity (Wildman–Crippen MR) is 73.5 cm³/mol. The zero-order valence-electron chi connectivity index (χ0n) is 11.6. The fraction of sp³-hybridized carbons (Fsp3) is 0.385. The van der Waals surface area contributed by atoms with Crippen molar-refractivity contribution in [3.63, 3.8) is 0 Å². The number of halogens is 3. The standard InChI is InChI=1S/C13H14F3N3O2S/c1-22(21)12-17-8-19(18-12)7-10(20)6-9-4-2-3-5-11(9)13(14,15)16/h2-5,8,10,20H,6-7H2,1H3. The molecule has 1 aromatic carbocycles. The lowest BCUT2D eigenvalue weighted by molar-refractivity contribution is -0.138. The number of hydrogen-bond acceptors (Lipinski definition) is 4. The quantitative estimate of drug-likeness (QED) is 0.903. The Morgan fingerprint density at radius 3 is 2.64 bits per heavy atom. The van der Waals surface area contributed by atoms with Crippen molar-refractivity contribution in [2.75, 3.05) is 6.26 Å². The summed E-state index contributed by atoms with van der Waals surface area (Å²) in [4.78, 5) is 3.79. The van der Waals surface area contributed by atoms with Crippen molar-refractivity contribution in [2.45, 2.75) is 30.4 Å². The fourth-order valence-electron chi connectivity index (χ4n) is 2.01. The Labute approximate surface area is 127 Å². The van der Waals surface area contributed by atoms with Gasteiger partial charge in [0.05, 0.1) is 29.0 Å². The fourth-order valence-corrected chi connectivity index (χ4v) is 2.42. The monoisotopic (exact) mass is 333 g/mol. The van der Waals surface area contributed by atoms with Crippen molar-refractivity contribution in [3.8, 4) is 0 Å². The maximum atomic E-state index is 12.9. The van der Waals surface area contributed by atoms with Gasteiger partial charge in [-0.05, 0) is 11.6 Å². The molecule has 2 unspecified atom stereocenters. The van der Waals surface area contributed by atoms with E-state index >= 15 is 0 Å². The Morgan fingerprint density at radius 2 is 2.05 bits per heavy atom. The molecule has 0 aliphatic heterocycles. The lowest BCUT2D eigenvalue weighted by Crippen LogP contribution is -2.21. The van der Waals surface area contributed by atoms with Gasteiger partial charge < -0.3 is 5.11 Å². The van der Waals surface area contributed by atoms with Gasteiger partial charge >= 0.3 is 6.18 Å². The molecule has 0 spiro atoms. The van der Waals surface area contributed by atoms with Crippen LogP contribution in [0.25, 0.3) is 0 Å². The molecule has 9 heteroatoms. The van der Waals surface area contributed by atoms with E-state index in [2.05, 4.69) is 10.1 Å². The Hall–Kier alpha value is -1.74. The predicted octanol–water partition coefficient (Wildman–Crippen LogP) is 1.64. The second-order valence-corrected chi connectivity index (χ2v) is 5.99. The number of nitrogens with zero attached hydrogens (tertiary/aromatic N) is 3. The van der Waals surface area contributed by atoms with E-state index in [0.29, 0.717) is 0 Å². The first-order valence-corrected chi connectivity index (χ1v) is 7.89. The summed E-state index contributed by atoms with van der Waals surface area (Å²) >= 11 is 0. The summed E-state index contributed by atoms with van der Waals surface area (Å²) in [5, 5.41) is 14.0. The number of rotatable bonds is 5. The molecular formula is C13H14F3N3O2S. The van der Waals surface area contributed by atoms with Gasteiger partial charge in [-0.25, -0.2) is 9.67 Å². The third-order valence-corrected chi connectivity index (χ3v) is 3.65. The molecule has 2 aromatic rings. The smallest absolute Gasteiger partial charge is 0.391 e. The number of hydrogen-bond donors (Lipinski definition) is 1. The molecule has 0 radical (unpaired) electrons. The maximum absolute atomic E-state index is 12.9. The van der Waals surface area contributed by atoms with Crippen molar-refractivity contribution in [2.24, 2.45) is 0 Å². The Balaban J connectivity index is 2.09. The lowest BCUT2D eigenvalue weighted by Gasteiger charge is -2.15. The van der Waals surface area contributed by atoms with Crippen LogP contribution in [-0.2, 0) is 29.9 Å². The van der Waals surface area contributed by atoms with E-state index in [1.807, 2.05) is 0 Å². The van der Waals surface area contributed by atoms with Gasteiger partial charge in [-0.2, -0.15) is 13.2 Å². The van der Waals surface area contributed by atoms with Crippen LogP contribution in [0, 0.1) is 0 Å². The molecule has 2 atom stereocenters. The van der Waals surface area contributed by atoms with Crippen molar-refractivity contribution in [1.29, 1.82) is 0 Å². The number of aromatic nitrogens is 3. The van der Waals surface area contributed by atoms with Gasteiger partial charge in [-0.3, -0.25) is 4.21 Å². The number of aliphatic hydroxyl groups excluding tert-OH is 1. The molecule has 22 heavy (non-hydrogen) atoms. The SMILES string of the molecule is CS(=O)c1ncn(CC(O)Cc2ccccc2C(F)(F)F)n1. The largest absolute Gasteiger partial charge is 0.416 e. The lowest BCUT2D eigenvalue weighted by atomic mass is 10.0. The summed E-state index contributed by atoms with van der Waals surface area (Å²) < 4.78 is 51.1. The zero-order valence-corrected chi connectivity index (χ0v) is 12.4. The molecule has 0 aliphatic carbocycles. The third-order valence-electron chi connectivity index (χ3n) is 2.95. The molecule has 1 N–H and O–H groups in total. The van der Waals surface area contributed by atoms with Crippen LogP contribution in [0.5, 0.6) is 0 Å². The Morgan fingerprint density at radius 1 is 1.36 bits per heavy atom. The topological polar surface area (TPSA) is 68.0 Å². The van der Waals surface area contributed by atoms with Crippen molar-refractivity contribution < 1.29 is 22.5 Å². The van der Waals surface area contributed by atoms with Gasteiger partial charge in [-0.1, -0.05) is 18.2 Å². The van der Waals surface area contributed by atoms with E-state index in [1.54, 1.807) is 0 Å². The van der Waals surface area contributed by atoms with Crippen LogP contribution in [0.4, 0.5) is 13.2 Å². The first-order valence-electron chi connectivity index (χ1n) is 6.33. The minimum atomic E-state index is -4.46. The number of aliphatic hydroxyl groups is 1. The van der Waals surface area contributed by atoms with E-state index in [-0.39, 0.29) is 23.7 Å². The maximum Gasteiger partial charge on any atom is 0.416 e. The summed E-state index contributed by atoms with van der Waals surface area (Å²) in [5.74, 6) is 0. The van der Waals surface area contributed by atoms with Gasteiger partial charge in [0.25, 0.3) is 0 Å². The van der Waals surface area contributed by atoms with Crippen LogP contribution in [0.1, 0.15) is 11.1 Å². The average Bonchev–Trinajstić information content (AvgIpc) is 2.86. The molecule has 0 amide bonds. The van der Waals surface area contributed by atoms with Crippen molar-refractivity contribution >= 4 is 10.8 Å². The summed E-state index contributed by atoms with van der Waals surface area (Å²) in [6, 6.07) is 5.11. The second kappa shape index (κ2) is 6.57. The van der Waals surface area contributed by atoms with Crippen molar-refractivity contribution in [3.05, 3.63) is 41.7 Å². The highest BCUT2D eigenvalue weighted by Gasteiger charge is 2.33. The number of alkyl halides is 3. The van der Waals surface area contributed by atoms with E-state index in [9.17, 15) is 22.5 Å². The summed E-state index contributed by atoms with van der Waals surface area (Å²) in [7, 11) is -1.35. The van der Waals surface area contributed by atoms with Crippen LogP contribution < -0.4 is 0 Å². The molecular weight excluding hydrogens is 319 g/mol. The average molecular weight is 333 g/mol. The van der Waals surface area contributed by atoms with Gasteiger partial charge in [0, 0.05) is 12.7 Å². The van der Waals surface area contributed by atoms with E-state index in [4.69, 9.17) is 0 Å². The molecule has 2 rings (SSSR count). The summed E-state index contributed by atoms with van der Waals surface area (Å²) in [5.41, 5.74) is -0.745. The highest BCUT2D eigenvalue weighted by molar-refractivity contribution is 7.84. The third kappa shape index (κ3) is 4.14. The van der Waals surface area contributed by atoms with E-state index in [0.717, 1.165) is 6.07 Å². The number of benzene rings is 1. The highest BCUT2D eigenvalue weighted by Crippen LogP contribution is 2.32. The molecule has 0 saturated heterocycles. The van der Waals surface area contributed by atoms with E-state index in [1.165, 1.54) is 35.5 Å². The molecule has 0 fully saturated rings. The normalized spacial score (nSPS) is 14.8. The van der Waals surface area contributed by atoms with Crippen LogP contribution >= 0.6 is 0 Å². The molecule has 0 bridgehead atoms. The molecule has 1 heterocycles. The molecule has 120 valence electrons. The van der Waals surface area contributed by atoms with Crippen LogP contribution in [0.15, 0.2) is 35.7 Å². The van der Waals surface area contributed by atoms with Gasteiger partial charge in [0.15, 0.2) is 0 Å². The molecule has 1 aromatic heterocycles. The van der Waals surface area contributed by atoms with Gasteiger partial charge in [0.2, 0.25) is 5.16 Å². The van der Waals surface area contributed by atoms with Crippen LogP contribution in [0.3, 0.4) is 0 Å². The zero-order chi connectivity index (χ0) is 16.3. The highest BCUT2D eigenvalue weighted by atomic mass is 32.2. The molecule has 5 nitrogen and oxygen atoms in total. The minimum absolute atomic E-state index is 0.0157. The van der Waals surface area contributed by atoms with Gasteiger partial charge in [0.1, 0.15) is 6.33 Å². The van der Waals surface area contributed by atoms with E-state index < -0.39 is 28.6 Å². The van der Waals surface area contributed by atoms with Crippen LogP contribution in [-0.4, -0.2) is 36.4 Å². The molecule has 0 aliphatic rings.